The zero-order chi connectivity index (χ0) is 13.7. The maximum atomic E-state index is 5.83. The van der Waals surface area contributed by atoms with E-state index in [2.05, 4.69) is 11.9 Å². The number of hydrogen-bond acceptors (Lipinski definition) is 3. The van der Waals surface area contributed by atoms with Gasteiger partial charge in [0, 0.05) is 0 Å². The predicted octanol–water partition coefficient (Wildman–Crippen LogP) is 3.89. The minimum absolute atomic E-state index is 0.363. The Labute approximate surface area is 118 Å². The molecule has 3 nitrogen and oxygen atoms in total. The molecule has 1 aromatic heterocycles. The first-order chi connectivity index (χ1) is 9.22. The Morgan fingerprint density at radius 1 is 1.16 bits per heavy atom. The molecule has 0 saturated carbocycles. The molecule has 2 rings (SSSR count). The molecule has 1 heterocycles. The summed E-state index contributed by atoms with van der Waals surface area (Å²) in [5, 5.41) is 0.467. The zero-order valence-electron chi connectivity index (χ0n) is 11.0. The van der Waals surface area contributed by atoms with Crippen molar-refractivity contribution in [3.8, 4) is 11.5 Å². The van der Waals surface area contributed by atoms with Crippen molar-refractivity contribution in [2.24, 2.45) is 0 Å². The molecule has 1 aromatic carbocycles. The fraction of sp³-hybridized carbons (Fsp3) is 0.267. The lowest BCUT2D eigenvalue weighted by Crippen LogP contribution is -2.00. The van der Waals surface area contributed by atoms with Gasteiger partial charge in [-0.3, -0.25) is 0 Å². The number of methoxy groups -OCH3 is 1. The highest BCUT2D eigenvalue weighted by molar-refractivity contribution is 6.29. The summed E-state index contributed by atoms with van der Waals surface area (Å²) in [5.74, 6) is 1.45. The van der Waals surface area contributed by atoms with E-state index in [1.54, 1.807) is 13.2 Å². The van der Waals surface area contributed by atoms with Crippen molar-refractivity contribution in [3.63, 3.8) is 0 Å². The van der Waals surface area contributed by atoms with Gasteiger partial charge < -0.3 is 9.47 Å². The molecule has 2 aromatic rings. The molecule has 0 aliphatic rings. The monoisotopic (exact) mass is 277 g/mol. The van der Waals surface area contributed by atoms with Crippen LogP contribution in [0.25, 0.3) is 0 Å². The topological polar surface area (TPSA) is 31.4 Å². The van der Waals surface area contributed by atoms with Crippen molar-refractivity contribution in [3.05, 3.63) is 52.8 Å². The summed E-state index contributed by atoms with van der Waals surface area (Å²) in [6.07, 6.45) is 0.965. The Bertz CT molecular complexity index is 558. The molecule has 19 heavy (non-hydrogen) atoms. The summed E-state index contributed by atoms with van der Waals surface area (Å²) in [7, 11) is 1.64. The molecule has 0 bridgehead atoms. The van der Waals surface area contributed by atoms with E-state index in [1.807, 2.05) is 30.3 Å². The SMILES string of the molecule is CCc1ccc(OCc2cccc(Cl)n2)c(OC)c1. The summed E-state index contributed by atoms with van der Waals surface area (Å²) in [4.78, 5) is 4.18. The van der Waals surface area contributed by atoms with Crippen molar-refractivity contribution in [2.75, 3.05) is 7.11 Å². The van der Waals surface area contributed by atoms with E-state index in [-0.39, 0.29) is 0 Å². The second-order valence-corrected chi connectivity index (χ2v) is 4.47. The number of aromatic nitrogens is 1. The fourth-order valence-corrected chi connectivity index (χ4v) is 1.91. The van der Waals surface area contributed by atoms with Crippen LogP contribution < -0.4 is 9.47 Å². The van der Waals surface area contributed by atoms with E-state index >= 15 is 0 Å². The van der Waals surface area contributed by atoms with Gasteiger partial charge in [0.05, 0.1) is 12.8 Å². The number of ether oxygens (including phenoxy) is 2. The number of nitrogens with zero attached hydrogens (tertiary/aromatic N) is 1. The van der Waals surface area contributed by atoms with Gasteiger partial charge in [0.1, 0.15) is 11.8 Å². The third kappa shape index (κ3) is 3.61. The van der Waals surface area contributed by atoms with E-state index in [9.17, 15) is 0 Å². The Balaban J connectivity index is 2.11. The van der Waals surface area contributed by atoms with Crippen LogP contribution in [-0.2, 0) is 13.0 Å². The van der Waals surface area contributed by atoms with Gasteiger partial charge in [-0.25, -0.2) is 4.98 Å². The molecule has 4 heteroatoms. The number of rotatable bonds is 5. The lowest BCUT2D eigenvalue weighted by molar-refractivity contribution is 0.280. The van der Waals surface area contributed by atoms with Gasteiger partial charge in [0.2, 0.25) is 0 Å². The Hall–Kier alpha value is -1.74. The molecule has 0 atom stereocenters. The normalized spacial score (nSPS) is 10.3. The first-order valence-electron chi connectivity index (χ1n) is 6.14. The van der Waals surface area contributed by atoms with E-state index in [4.69, 9.17) is 21.1 Å². The molecular formula is C15H16ClNO2. The van der Waals surface area contributed by atoms with Crippen molar-refractivity contribution in [2.45, 2.75) is 20.0 Å². The van der Waals surface area contributed by atoms with Crippen LogP contribution >= 0.6 is 11.6 Å². The summed E-state index contributed by atoms with van der Waals surface area (Å²) in [6.45, 7) is 2.47. The largest absolute Gasteiger partial charge is 0.493 e. The highest BCUT2D eigenvalue weighted by Crippen LogP contribution is 2.28. The lowest BCUT2D eigenvalue weighted by Gasteiger charge is -2.11. The number of halogens is 1. The van der Waals surface area contributed by atoms with Crippen LogP contribution in [0.4, 0.5) is 0 Å². The molecule has 100 valence electrons. The van der Waals surface area contributed by atoms with Gasteiger partial charge in [-0.15, -0.1) is 0 Å². The van der Waals surface area contributed by atoms with Crippen LogP contribution in [0.5, 0.6) is 11.5 Å². The lowest BCUT2D eigenvalue weighted by atomic mass is 10.1. The van der Waals surface area contributed by atoms with Crippen LogP contribution in [0.2, 0.25) is 5.15 Å². The van der Waals surface area contributed by atoms with Crippen molar-refractivity contribution in [1.82, 2.24) is 4.98 Å². The molecule has 0 radical (unpaired) electrons. The minimum Gasteiger partial charge on any atom is -0.493 e. The van der Waals surface area contributed by atoms with Gasteiger partial charge >= 0.3 is 0 Å². The quantitative estimate of drug-likeness (QED) is 0.777. The molecule has 0 aliphatic carbocycles. The van der Waals surface area contributed by atoms with Gasteiger partial charge in [0.25, 0.3) is 0 Å². The van der Waals surface area contributed by atoms with Crippen LogP contribution in [0.15, 0.2) is 36.4 Å². The first-order valence-corrected chi connectivity index (χ1v) is 6.52. The van der Waals surface area contributed by atoms with Crippen molar-refractivity contribution in [1.29, 1.82) is 0 Å². The molecular weight excluding hydrogens is 262 g/mol. The predicted molar refractivity (Wildman–Crippen MR) is 76.0 cm³/mol. The van der Waals surface area contributed by atoms with E-state index in [1.165, 1.54) is 5.56 Å². The average Bonchev–Trinajstić information content (AvgIpc) is 2.45. The average molecular weight is 278 g/mol. The molecule has 0 spiro atoms. The first kappa shape index (κ1) is 13.7. The van der Waals surface area contributed by atoms with Gasteiger partial charge in [-0.2, -0.15) is 0 Å². The highest BCUT2D eigenvalue weighted by Gasteiger charge is 2.06. The Morgan fingerprint density at radius 2 is 2.00 bits per heavy atom. The third-order valence-electron chi connectivity index (χ3n) is 2.78. The Morgan fingerprint density at radius 3 is 2.68 bits per heavy atom. The minimum atomic E-state index is 0.363. The second-order valence-electron chi connectivity index (χ2n) is 4.08. The highest BCUT2D eigenvalue weighted by atomic mass is 35.5. The molecule has 0 amide bonds. The van der Waals surface area contributed by atoms with Crippen LogP contribution in [0.3, 0.4) is 0 Å². The van der Waals surface area contributed by atoms with Crippen LogP contribution in [0, 0.1) is 0 Å². The summed E-state index contributed by atoms with van der Waals surface area (Å²) in [5.41, 5.74) is 2.00. The van der Waals surface area contributed by atoms with E-state index in [0.29, 0.717) is 17.5 Å². The summed E-state index contributed by atoms with van der Waals surface area (Å²) >= 11 is 5.83. The summed E-state index contributed by atoms with van der Waals surface area (Å²) in [6, 6.07) is 11.4. The maximum Gasteiger partial charge on any atom is 0.161 e. The zero-order valence-corrected chi connectivity index (χ0v) is 11.8. The number of pyridine rings is 1. The fourth-order valence-electron chi connectivity index (χ4n) is 1.73. The van der Waals surface area contributed by atoms with E-state index in [0.717, 1.165) is 17.9 Å². The molecule has 0 fully saturated rings. The van der Waals surface area contributed by atoms with Gasteiger partial charge in [-0.1, -0.05) is 30.7 Å². The van der Waals surface area contributed by atoms with Crippen molar-refractivity contribution < 1.29 is 9.47 Å². The van der Waals surface area contributed by atoms with Crippen LogP contribution in [0.1, 0.15) is 18.2 Å². The number of aryl methyl sites for hydroxylation is 1. The molecule has 0 N–H and O–H groups in total. The van der Waals surface area contributed by atoms with Gasteiger partial charge in [-0.05, 0) is 36.2 Å². The van der Waals surface area contributed by atoms with Gasteiger partial charge in [0.15, 0.2) is 11.5 Å². The van der Waals surface area contributed by atoms with Crippen molar-refractivity contribution >= 4 is 11.6 Å². The summed E-state index contributed by atoms with van der Waals surface area (Å²) < 4.78 is 11.1. The molecule has 0 unspecified atom stereocenters. The number of hydrogen-bond donors (Lipinski definition) is 0. The molecule has 0 aliphatic heterocycles. The number of benzene rings is 1. The smallest absolute Gasteiger partial charge is 0.161 e. The Kier molecular flexibility index (Phi) is 4.63. The van der Waals surface area contributed by atoms with E-state index < -0.39 is 0 Å². The third-order valence-corrected chi connectivity index (χ3v) is 3.00. The second kappa shape index (κ2) is 6.43. The maximum absolute atomic E-state index is 5.83. The van der Waals surface area contributed by atoms with Crippen LogP contribution in [-0.4, -0.2) is 12.1 Å². The standard InChI is InChI=1S/C15H16ClNO2/c1-3-11-7-8-13(14(9-11)18-2)19-10-12-5-4-6-15(16)17-12/h4-9H,3,10H2,1-2H3. The molecule has 0 saturated heterocycles.